The highest BCUT2D eigenvalue weighted by Gasteiger charge is 2.33. The van der Waals surface area contributed by atoms with Crippen LogP contribution >= 0.6 is 34.8 Å². The number of nitrogens with one attached hydrogen (secondary N) is 1. The van der Waals surface area contributed by atoms with Gasteiger partial charge in [-0.25, -0.2) is 8.42 Å². The molecule has 1 atom stereocenters. The topological polar surface area (TPSA) is 96.0 Å². The van der Waals surface area contributed by atoms with Crippen molar-refractivity contribution in [3.63, 3.8) is 0 Å². The maximum Gasteiger partial charge on any atom is 0.264 e. The van der Waals surface area contributed by atoms with Gasteiger partial charge in [0.15, 0.2) is 0 Å². The molecule has 0 fully saturated rings. The molecule has 0 aliphatic carbocycles. The molecule has 3 aromatic carbocycles. The number of carbonyl (C=O) groups excluding carboxylic acids is 2. The van der Waals surface area contributed by atoms with Crippen molar-refractivity contribution in [2.24, 2.45) is 0 Å². The number of benzene rings is 3. The van der Waals surface area contributed by atoms with Crippen LogP contribution in [0.15, 0.2) is 71.6 Å². The van der Waals surface area contributed by atoms with Crippen molar-refractivity contribution in [3.8, 4) is 5.75 Å². The minimum Gasteiger partial charge on any atom is -0.494 e. The Morgan fingerprint density at radius 3 is 2.12 bits per heavy atom. The van der Waals surface area contributed by atoms with E-state index in [9.17, 15) is 18.0 Å². The number of nitrogens with zero attached hydrogens (tertiary/aromatic N) is 2. The molecule has 0 saturated heterocycles. The summed E-state index contributed by atoms with van der Waals surface area (Å²) in [7, 11) is -4.24. The summed E-state index contributed by atoms with van der Waals surface area (Å²) in [5.74, 6) is -0.465. The number of halogens is 3. The van der Waals surface area contributed by atoms with Gasteiger partial charge in [0, 0.05) is 33.7 Å². The lowest BCUT2D eigenvalue weighted by molar-refractivity contribution is -0.139. The lowest BCUT2D eigenvalue weighted by Crippen LogP contribution is -2.51. The Hall–Kier alpha value is -2.98. The van der Waals surface area contributed by atoms with E-state index in [1.165, 1.54) is 29.2 Å². The molecule has 2 amide bonds. The number of hydrogen-bond acceptors (Lipinski definition) is 5. The number of anilines is 1. The van der Waals surface area contributed by atoms with Gasteiger partial charge in [0.05, 0.1) is 17.2 Å². The molecule has 42 heavy (non-hydrogen) atoms. The van der Waals surface area contributed by atoms with Crippen LogP contribution in [0.5, 0.6) is 5.75 Å². The predicted molar refractivity (Wildman–Crippen MR) is 168 cm³/mol. The molecule has 8 nitrogen and oxygen atoms in total. The number of ether oxygens (including phenoxy) is 1. The van der Waals surface area contributed by atoms with Crippen LogP contribution in [0.4, 0.5) is 5.69 Å². The highest BCUT2D eigenvalue weighted by atomic mass is 35.5. The quantitative estimate of drug-likeness (QED) is 0.198. The zero-order valence-corrected chi connectivity index (χ0v) is 26.7. The molecule has 0 bridgehead atoms. The predicted octanol–water partition coefficient (Wildman–Crippen LogP) is 6.57. The number of carbonyl (C=O) groups is 2. The van der Waals surface area contributed by atoms with E-state index in [0.29, 0.717) is 39.5 Å². The monoisotopic (exact) mass is 653 g/mol. The Balaban J connectivity index is 2.04. The van der Waals surface area contributed by atoms with Crippen molar-refractivity contribution in [3.05, 3.63) is 87.4 Å². The molecule has 12 heteroatoms. The van der Waals surface area contributed by atoms with Gasteiger partial charge in [0.1, 0.15) is 18.3 Å². The van der Waals surface area contributed by atoms with Crippen LogP contribution in [-0.4, -0.2) is 50.9 Å². The molecule has 0 aliphatic heterocycles. The van der Waals surface area contributed by atoms with E-state index in [-0.39, 0.29) is 23.0 Å². The van der Waals surface area contributed by atoms with Gasteiger partial charge in [-0.1, -0.05) is 54.2 Å². The van der Waals surface area contributed by atoms with Gasteiger partial charge in [-0.2, -0.15) is 0 Å². The van der Waals surface area contributed by atoms with Crippen molar-refractivity contribution >= 4 is 62.3 Å². The first-order chi connectivity index (χ1) is 20.0. The molecular weight excluding hydrogens is 621 g/mol. The maximum absolute atomic E-state index is 14.0. The van der Waals surface area contributed by atoms with Gasteiger partial charge in [-0.3, -0.25) is 13.9 Å². The molecular formula is C30H34Cl3N3O5S. The number of rotatable bonds is 14. The molecule has 0 unspecified atom stereocenters. The number of unbranched alkanes of at least 4 members (excludes halogenated alkanes) is 1. The average Bonchev–Trinajstić information content (AvgIpc) is 2.96. The van der Waals surface area contributed by atoms with Gasteiger partial charge < -0.3 is 15.0 Å². The molecule has 1 N–H and O–H groups in total. The van der Waals surface area contributed by atoms with Crippen molar-refractivity contribution in [1.29, 1.82) is 0 Å². The fraction of sp³-hybridized carbons (Fsp3) is 0.333. The lowest BCUT2D eigenvalue weighted by atomic mass is 10.1. The van der Waals surface area contributed by atoms with Crippen LogP contribution < -0.4 is 14.4 Å². The van der Waals surface area contributed by atoms with Crippen LogP contribution in [0, 0.1) is 0 Å². The van der Waals surface area contributed by atoms with Crippen LogP contribution in [0.25, 0.3) is 0 Å². The first kappa shape index (κ1) is 33.5. The minimum absolute atomic E-state index is 0.0559. The fourth-order valence-corrected chi connectivity index (χ4v) is 6.17. The Morgan fingerprint density at radius 2 is 1.55 bits per heavy atom. The maximum atomic E-state index is 14.0. The van der Waals surface area contributed by atoms with E-state index in [1.807, 2.05) is 13.8 Å². The first-order valence-electron chi connectivity index (χ1n) is 13.5. The average molecular weight is 655 g/mol. The van der Waals surface area contributed by atoms with E-state index >= 15 is 0 Å². The van der Waals surface area contributed by atoms with Gasteiger partial charge in [0.2, 0.25) is 11.8 Å². The molecule has 0 aliphatic rings. The van der Waals surface area contributed by atoms with Gasteiger partial charge in [-0.15, -0.1) is 0 Å². The van der Waals surface area contributed by atoms with E-state index in [2.05, 4.69) is 5.32 Å². The number of amides is 2. The number of hydrogen-bond donors (Lipinski definition) is 1. The third-order valence-electron chi connectivity index (χ3n) is 6.50. The Morgan fingerprint density at radius 1 is 0.929 bits per heavy atom. The molecule has 3 aromatic rings. The van der Waals surface area contributed by atoms with Crippen molar-refractivity contribution in [2.45, 2.75) is 51.1 Å². The first-order valence-corrected chi connectivity index (χ1v) is 16.1. The van der Waals surface area contributed by atoms with E-state index in [1.54, 1.807) is 49.4 Å². The molecule has 0 heterocycles. The second-order valence-corrected chi connectivity index (χ2v) is 12.5. The minimum atomic E-state index is -4.24. The summed E-state index contributed by atoms with van der Waals surface area (Å²) in [6, 6.07) is 16.0. The third kappa shape index (κ3) is 8.53. The summed E-state index contributed by atoms with van der Waals surface area (Å²) >= 11 is 18.8. The normalized spacial score (nSPS) is 12.0. The summed E-state index contributed by atoms with van der Waals surface area (Å²) in [6.07, 6.45) is 1.65. The molecule has 0 saturated carbocycles. The van der Waals surface area contributed by atoms with Crippen molar-refractivity contribution in [2.75, 3.05) is 24.0 Å². The largest absolute Gasteiger partial charge is 0.494 e. The van der Waals surface area contributed by atoms with Crippen LogP contribution in [0.2, 0.25) is 15.1 Å². The highest BCUT2D eigenvalue weighted by molar-refractivity contribution is 7.92. The zero-order chi connectivity index (χ0) is 30.9. The van der Waals surface area contributed by atoms with Gasteiger partial charge in [0.25, 0.3) is 10.0 Å². The summed E-state index contributed by atoms with van der Waals surface area (Å²) in [5.41, 5.74) is 0.674. The summed E-state index contributed by atoms with van der Waals surface area (Å²) in [6.45, 7) is 5.58. The summed E-state index contributed by atoms with van der Waals surface area (Å²) in [4.78, 5) is 28.4. The fourth-order valence-electron chi connectivity index (χ4n) is 4.11. The Bertz CT molecular complexity index is 1450. The van der Waals surface area contributed by atoms with E-state index in [4.69, 9.17) is 39.5 Å². The molecule has 0 spiro atoms. The van der Waals surface area contributed by atoms with E-state index < -0.39 is 28.5 Å². The molecule has 0 aromatic heterocycles. The van der Waals surface area contributed by atoms with Gasteiger partial charge >= 0.3 is 0 Å². The summed E-state index contributed by atoms with van der Waals surface area (Å²) in [5, 5.41) is 3.84. The van der Waals surface area contributed by atoms with Crippen LogP contribution in [-0.2, 0) is 26.2 Å². The number of sulfonamides is 1. The van der Waals surface area contributed by atoms with Crippen LogP contribution in [0.1, 0.15) is 39.2 Å². The van der Waals surface area contributed by atoms with Crippen molar-refractivity contribution < 1.29 is 22.7 Å². The highest BCUT2D eigenvalue weighted by Crippen LogP contribution is 2.29. The second-order valence-electron chi connectivity index (χ2n) is 9.43. The standard InChI is InChI=1S/C30H34Cl3N3O5S/c1-4-6-18-34-30(38)21(3)35(19-26-27(32)8-7-9-28(26)33)29(37)20-36(23-12-14-24(15-13-23)41-5-2)42(39,40)25-16-10-22(31)11-17-25/h7-17,21H,4-6,18-20H2,1-3H3,(H,34,38)/t21-/m1/s1. The van der Waals surface area contributed by atoms with E-state index in [0.717, 1.165) is 17.1 Å². The van der Waals surface area contributed by atoms with Gasteiger partial charge in [-0.05, 0) is 80.9 Å². The zero-order valence-electron chi connectivity index (χ0n) is 23.6. The third-order valence-corrected chi connectivity index (χ3v) is 9.25. The van der Waals surface area contributed by atoms with Crippen molar-refractivity contribution in [1.82, 2.24) is 10.2 Å². The smallest absolute Gasteiger partial charge is 0.264 e. The Kier molecular flexibility index (Phi) is 12.4. The molecule has 226 valence electrons. The second kappa shape index (κ2) is 15.5. The van der Waals surface area contributed by atoms with Crippen LogP contribution in [0.3, 0.4) is 0 Å². The molecule has 0 radical (unpaired) electrons. The SMILES string of the molecule is CCCCNC(=O)[C@@H](C)N(Cc1c(Cl)cccc1Cl)C(=O)CN(c1ccc(OCC)cc1)S(=O)(=O)c1ccc(Cl)cc1. The molecule has 3 rings (SSSR count). The lowest BCUT2D eigenvalue weighted by Gasteiger charge is -2.32. The summed E-state index contributed by atoms with van der Waals surface area (Å²) < 4.78 is 34.3. The Labute approximate surface area is 262 Å².